The Hall–Kier alpha value is -1.78. The number of hydrogen-bond acceptors (Lipinski definition) is 4. The first-order valence-corrected chi connectivity index (χ1v) is 10.3. The monoisotopic (exact) mass is 386 g/mol. The lowest BCUT2D eigenvalue weighted by molar-refractivity contribution is -0.142. The third-order valence-corrected chi connectivity index (χ3v) is 5.93. The highest BCUT2D eigenvalue weighted by molar-refractivity contribution is 8.00. The summed E-state index contributed by atoms with van der Waals surface area (Å²) in [6, 6.07) is 15.8. The average Bonchev–Trinajstić information content (AvgIpc) is 2.63. The van der Waals surface area contributed by atoms with Gasteiger partial charge in [0.15, 0.2) is 0 Å². The molecule has 0 aliphatic carbocycles. The van der Waals surface area contributed by atoms with E-state index in [0.717, 1.165) is 22.4 Å². The summed E-state index contributed by atoms with van der Waals surface area (Å²) in [5, 5.41) is 10.9. The van der Waals surface area contributed by atoms with Crippen molar-refractivity contribution < 1.29 is 14.6 Å². The van der Waals surface area contributed by atoms with Crippen LogP contribution in [0.4, 0.5) is 0 Å². The number of esters is 1. The van der Waals surface area contributed by atoms with Crippen LogP contribution in [0, 0.1) is 25.7 Å². The standard InChI is InChI=1S/C23H30O3S/c1-15(2)14-20(27-19-12-7-6-8-13-19)21(24)18(5)23(25)26-22-16(3)10-9-11-17(22)4/h6-13,15,18,20-21,24H,14H2,1-5H3/t18-,20-,21+/m1/s1. The minimum absolute atomic E-state index is 0.0760. The fourth-order valence-corrected chi connectivity index (χ4v) is 4.53. The van der Waals surface area contributed by atoms with E-state index in [0.29, 0.717) is 11.7 Å². The van der Waals surface area contributed by atoms with Crippen molar-refractivity contribution in [3.63, 3.8) is 0 Å². The van der Waals surface area contributed by atoms with Crippen LogP contribution >= 0.6 is 11.8 Å². The highest BCUT2D eigenvalue weighted by Crippen LogP contribution is 2.33. The quantitative estimate of drug-likeness (QED) is 0.374. The number of aliphatic hydroxyl groups is 1. The fraction of sp³-hybridized carbons (Fsp3) is 0.435. The molecule has 0 aliphatic rings. The highest BCUT2D eigenvalue weighted by Gasteiger charge is 2.32. The Bertz CT molecular complexity index is 722. The van der Waals surface area contributed by atoms with Gasteiger partial charge in [0, 0.05) is 10.1 Å². The minimum Gasteiger partial charge on any atom is -0.426 e. The third-order valence-electron chi connectivity index (χ3n) is 4.61. The first-order valence-electron chi connectivity index (χ1n) is 9.47. The number of aliphatic hydroxyl groups excluding tert-OH is 1. The molecule has 0 unspecified atom stereocenters. The summed E-state index contributed by atoms with van der Waals surface area (Å²) in [6.07, 6.45) is 0.0382. The second-order valence-electron chi connectivity index (χ2n) is 7.52. The van der Waals surface area contributed by atoms with Crippen molar-refractivity contribution in [2.24, 2.45) is 11.8 Å². The van der Waals surface area contributed by atoms with Gasteiger partial charge in [-0.2, -0.15) is 0 Å². The topological polar surface area (TPSA) is 46.5 Å². The molecular formula is C23H30O3S. The van der Waals surface area contributed by atoms with E-state index in [2.05, 4.69) is 13.8 Å². The Morgan fingerprint density at radius 3 is 2.15 bits per heavy atom. The van der Waals surface area contributed by atoms with E-state index in [1.54, 1.807) is 18.7 Å². The van der Waals surface area contributed by atoms with Gasteiger partial charge in [0.05, 0.1) is 12.0 Å². The number of ether oxygens (including phenoxy) is 1. The summed E-state index contributed by atoms with van der Waals surface area (Å²) in [7, 11) is 0. The summed E-state index contributed by atoms with van der Waals surface area (Å²) >= 11 is 1.63. The van der Waals surface area contributed by atoms with Crippen molar-refractivity contribution in [2.75, 3.05) is 0 Å². The summed E-state index contributed by atoms with van der Waals surface area (Å²) < 4.78 is 5.66. The van der Waals surface area contributed by atoms with Gasteiger partial charge in [-0.25, -0.2) is 0 Å². The molecule has 0 heterocycles. The van der Waals surface area contributed by atoms with Crippen LogP contribution in [0.1, 0.15) is 38.3 Å². The molecule has 0 fully saturated rings. The Morgan fingerprint density at radius 2 is 1.59 bits per heavy atom. The Morgan fingerprint density at radius 1 is 1.00 bits per heavy atom. The molecule has 0 aliphatic heterocycles. The molecule has 2 rings (SSSR count). The average molecular weight is 387 g/mol. The van der Waals surface area contributed by atoms with Crippen LogP contribution in [0.25, 0.3) is 0 Å². The van der Waals surface area contributed by atoms with Gasteiger partial charge in [0.2, 0.25) is 0 Å². The van der Waals surface area contributed by atoms with Gasteiger partial charge in [-0.3, -0.25) is 4.79 Å². The number of carbonyl (C=O) groups is 1. The molecule has 4 heteroatoms. The number of thioether (sulfide) groups is 1. The Balaban J connectivity index is 2.12. The van der Waals surface area contributed by atoms with Crippen LogP contribution in [0.15, 0.2) is 53.4 Å². The second-order valence-corrected chi connectivity index (χ2v) is 8.83. The van der Waals surface area contributed by atoms with Crippen molar-refractivity contribution in [3.8, 4) is 5.75 Å². The smallest absolute Gasteiger partial charge is 0.316 e. The number of carbonyl (C=O) groups excluding carboxylic acids is 1. The van der Waals surface area contributed by atoms with E-state index in [9.17, 15) is 9.90 Å². The molecule has 27 heavy (non-hydrogen) atoms. The van der Waals surface area contributed by atoms with Crippen LogP contribution in [0.3, 0.4) is 0 Å². The van der Waals surface area contributed by atoms with Crippen molar-refractivity contribution in [3.05, 3.63) is 59.7 Å². The normalized spacial score (nSPS) is 14.6. The number of benzene rings is 2. The summed E-state index contributed by atoms with van der Waals surface area (Å²) in [5.41, 5.74) is 1.84. The van der Waals surface area contributed by atoms with Gasteiger partial charge in [-0.15, -0.1) is 11.8 Å². The first kappa shape index (κ1) is 21.5. The third kappa shape index (κ3) is 6.12. The van der Waals surface area contributed by atoms with Gasteiger partial charge in [-0.05, 0) is 56.4 Å². The van der Waals surface area contributed by atoms with Crippen LogP contribution in [-0.4, -0.2) is 22.4 Å². The molecular weight excluding hydrogens is 356 g/mol. The molecule has 0 radical (unpaired) electrons. The molecule has 3 atom stereocenters. The van der Waals surface area contributed by atoms with Crippen LogP contribution in [-0.2, 0) is 4.79 Å². The van der Waals surface area contributed by atoms with Gasteiger partial charge >= 0.3 is 5.97 Å². The molecule has 0 spiro atoms. The van der Waals surface area contributed by atoms with E-state index < -0.39 is 12.0 Å². The molecule has 3 nitrogen and oxygen atoms in total. The van der Waals surface area contributed by atoms with E-state index in [1.165, 1.54) is 0 Å². The molecule has 2 aromatic carbocycles. The SMILES string of the molecule is Cc1cccc(C)c1OC(=O)[C@H](C)[C@H](O)[C@@H](CC(C)C)Sc1ccccc1. The number of aryl methyl sites for hydroxylation is 2. The van der Waals surface area contributed by atoms with E-state index in [1.807, 2.05) is 62.4 Å². The molecule has 2 aromatic rings. The lowest BCUT2D eigenvalue weighted by Gasteiger charge is -2.28. The number of para-hydroxylation sites is 1. The summed E-state index contributed by atoms with van der Waals surface area (Å²) in [6.45, 7) is 9.85. The van der Waals surface area contributed by atoms with Crippen molar-refractivity contribution in [1.29, 1.82) is 0 Å². The second kappa shape index (κ2) is 9.95. The van der Waals surface area contributed by atoms with E-state index >= 15 is 0 Å². The predicted molar refractivity (Wildman–Crippen MR) is 112 cm³/mol. The summed E-state index contributed by atoms with van der Waals surface area (Å²) in [5.74, 6) is 0.0200. The lowest BCUT2D eigenvalue weighted by atomic mass is 9.96. The minimum atomic E-state index is -0.783. The maximum absolute atomic E-state index is 12.7. The van der Waals surface area contributed by atoms with Crippen molar-refractivity contribution in [2.45, 2.75) is 57.3 Å². The molecule has 1 N–H and O–H groups in total. The van der Waals surface area contributed by atoms with Gasteiger partial charge in [0.25, 0.3) is 0 Å². The fourth-order valence-electron chi connectivity index (χ4n) is 3.01. The van der Waals surface area contributed by atoms with Crippen LogP contribution in [0.2, 0.25) is 0 Å². The zero-order valence-corrected chi connectivity index (χ0v) is 17.6. The Kier molecular flexibility index (Phi) is 7.93. The highest BCUT2D eigenvalue weighted by atomic mass is 32.2. The van der Waals surface area contributed by atoms with Crippen LogP contribution < -0.4 is 4.74 Å². The molecule has 0 saturated heterocycles. The lowest BCUT2D eigenvalue weighted by Crippen LogP contribution is -2.37. The number of rotatable bonds is 8. The first-order chi connectivity index (χ1) is 12.8. The largest absolute Gasteiger partial charge is 0.426 e. The molecule has 0 bridgehead atoms. The Labute approximate surface area is 167 Å². The summed E-state index contributed by atoms with van der Waals surface area (Å²) in [4.78, 5) is 13.8. The van der Waals surface area contributed by atoms with E-state index in [-0.39, 0.29) is 11.2 Å². The van der Waals surface area contributed by atoms with Crippen molar-refractivity contribution >= 4 is 17.7 Å². The van der Waals surface area contributed by atoms with Gasteiger partial charge in [0.1, 0.15) is 5.75 Å². The number of hydrogen-bond donors (Lipinski definition) is 1. The van der Waals surface area contributed by atoms with Gasteiger partial charge < -0.3 is 9.84 Å². The molecule has 0 saturated carbocycles. The zero-order chi connectivity index (χ0) is 20.0. The maximum Gasteiger partial charge on any atom is 0.316 e. The molecule has 146 valence electrons. The van der Waals surface area contributed by atoms with Crippen LogP contribution in [0.5, 0.6) is 5.75 Å². The molecule has 0 amide bonds. The zero-order valence-electron chi connectivity index (χ0n) is 16.8. The van der Waals surface area contributed by atoms with Crippen molar-refractivity contribution in [1.82, 2.24) is 0 Å². The molecule has 0 aromatic heterocycles. The maximum atomic E-state index is 12.7. The predicted octanol–water partition coefficient (Wildman–Crippen LogP) is 5.41. The van der Waals surface area contributed by atoms with Gasteiger partial charge in [-0.1, -0.05) is 50.2 Å². The van der Waals surface area contributed by atoms with E-state index in [4.69, 9.17) is 4.74 Å².